The van der Waals surface area contributed by atoms with E-state index >= 15 is 0 Å². The third kappa shape index (κ3) is 7.50. The van der Waals surface area contributed by atoms with Crippen molar-refractivity contribution in [2.24, 2.45) is 0 Å². The number of carbonyl (C=O) groups is 2. The average Bonchev–Trinajstić information content (AvgIpc) is 2.87. The zero-order valence-corrected chi connectivity index (χ0v) is 25.0. The minimum absolute atomic E-state index is 0.0267. The topological polar surface area (TPSA) is 86.8 Å². The predicted octanol–water partition coefficient (Wildman–Crippen LogP) is 5.89. The molecule has 1 N–H and O–H groups in total. The molecule has 0 saturated heterocycles. The summed E-state index contributed by atoms with van der Waals surface area (Å²) >= 11 is 15.8. The molecule has 0 spiro atoms. The van der Waals surface area contributed by atoms with Gasteiger partial charge in [-0.15, -0.1) is 0 Å². The summed E-state index contributed by atoms with van der Waals surface area (Å²) in [5.74, 6) is -0.954. The van der Waals surface area contributed by atoms with Gasteiger partial charge in [-0.1, -0.05) is 63.4 Å². The highest BCUT2D eigenvalue weighted by Crippen LogP contribution is 2.27. The number of halogens is 3. The fourth-order valence-corrected chi connectivity index (χ4v) is 5.84. The lowest BCUT2D eigenvalue weighted by Gasteiger charge is -2.32. The predicted molar refractivity (Wildman–Crippen MR) is 155 cm³/mol. The molecule has 0 fully saturated rings. The van der Waals surface area contributed by atoms with Crippen LogP contribution in [0.1, 0.15) is 26.3 Å². The number of anilines is 1. The number of nitrogens with zero attached hydrogens (tertiary/aromatic N) is 2. The molecule has 3 aromatic carbocycles. The van der Waals surface area contributed by atoms with Crippen LogP contribution < -0.4 is 9.62 Å². The lowest BCUT2D eigenvalue weighted by Crippen LogP contribution is -2.52. The van der Waals surface area contributed by atoms with Crippen LogP contribution >= 0.6 is 39.1 Å². The van der Waals surface area contributed by atoms with Crippen molar-refractivity contribution in [3.8, 4) is 0 Å². The normalized spacial score (nSPS) is 12.2. The standard InChI is InChI=1S/C27H28BrCl2N3O4S/c1-18(2)31-27(35)19(3)32(16-20-9-12-22(29)15-25(20)30)26(34)17-33(23-13-10-21(28)11-14-23)38(36,37)24-7-5-4-6-8-24/h4-15,18-19H,16-17H2,1-3H3,(H,31,35)/t19-/m0/s1. The first-order valence-electron chi connectivity index (χ1n) is 11.8. The number of carbonyl (C=O) groups excluding carboxylic acids is 2. The SMILES string of the molecule is CC(C)NC(=O)[C@H](C)N(Cc1ccc(Cl)cc1Cl)C(=O)CN(c1ccc(Br)cc1)S(=O)(=O)c1ccccc1. The Morgan fingerprint density at radius 3 is 2.16 bits per heavy atom. The van der Waals surface area contributed by atoms with Crippen molar-refractivity contribution in [1.82, 2.24) is 10.2 Å². The van der Waals surface area contributed by atoms with Crippen molar-refractivity contribution in [3.63, 3.8) is 0 Å². The van der Waals surface area contributed by atoms with Gasteiger partial charge in [0.1, 0.15) is 12.6 Å². The molecule has 7 nitrogen and oxygen atoms in total. The van der Waals surface area contributed by atoms with E-state index in [1.165, 1.54) is 17.0 Å². The lowest BCUT2D eigenvalue weighted by atomic mass is 10.1. The summed E-state index contributed by atoms with van der Waals surface area (Å²) in [7, 11) is -4.12. The monoisotopic (exact) mass is 639 g/mol. The van der Waals surface area contributed by atoms with Gasteiger partial charge in [0.05, 0.1) is 10.6 Å². The Morgan fingerprint density at radius 1 is 0.947 bits per heavy atom. The Hall–Kier alpha value is -2.59. The van der Waals surface area contributed by atoms with Gasteiger partial charge in [0.25, 0.3) is 10.0 Å². The minimum atomic E-state index is -4.12. The zero-order chi connectivity index (χ0) is 28.0. The van der Waals surface area contributed by atoms with Crippen LogP contribution in [0.3, 0.4) is 0 Å². The highest BCUT2D eigenvalue weighted by atomic mass is 79.9. The van der Waals surface area contributed by atoms with Crippen molar-refractivity contribution >= 4 is 66.7 Å². The van der Waals surface area contributed by atoms with Crippen molar-refractivity contribution in [2.75, 3.05) is 10.8 Å². The molecular formula is C27H28BrCl2N3O4S. The van der Waals surface area contributed by atoms with Gasteiger partial charge < -0.3 is 10.2 Å². The van der Waals surface area contributed by atoms with Crippen LogP contribution in [0.5, 0.6) is 0 Å². The Kier molecular flexibility index (Phi) is 10.2. The summed E-state index contributed by atoms with van der Waals surface area (Å²) in [6.45, 7) is 4.66. The number of sulfonamides is 1. The average molecular weight is 641 g/mol. The molecule has 11 heteroatoms. The van der Waals surface area contributed by atoms with E-state index in [1.807, 2.05) is 13.8 Å². The molecule has 0 aliphatic carbocycles. The molecule has 0 heterocycles. The maximum absolute atomic E-state index is 13.8. The Balaban J connectivity index is 2.03. The zero-order valence-electron chi connectivity index (χ0n) is 21.1. The smallest absolute Gasteiger partial charge is 0.264 e. The van der Waals surface area contributed by atoms with Gasteiger partial charge in [-0.3, -0.25) is 13.9 Å². The van der Waals surface area contributed by atoms with E-state index in [1.54, 1.807) is 67.6 Å². The number of amides is 2. The molecule has 0 aliphatic rings. The number of nitrogens with one attached hydrogen (secondary N) is 1. The minimum Gasteiger partial charge on any atom is -0.352 e. The third-order valence-corrected chi connectivity index (χ3v) is 8.58. The number of hydrogen-bond acceptors (Lipinski definition) is 4. The van der Waals surface area contributed by atoms with Crippen molar-refractivity contribution in [3.05, 3.63) is 92.9 Å². The molecule has 3 rings (SSSR count). The van der Waals surface area contributed by atoms with E-state index in [2.05, 4.69) is 21.2 Å². The Labute approximate surface area is 241 Å². The summed E-state index contributed by atoms with van der Waals surface area (Å²) in [5, 5.41) is 3.57. The summed E-state index contributed by atoms with van der Waals surface area (Å²) in [6.07, 6.45) is 0. The van der Waals surface area contributed by atoms with Gasteiger partial charge in [0.2, 0.25) is 11.8 Å². The number of rotatable bonds is 10. The largest absolute Gasteiger partial charge is 0.352 e. The first kappa shape index (κ1) is 30.0. The van der Waals surface area contributed by atoms with Gasteiger partial charge in [-0.05, 0) is 74.9 Å². The van der Waals surface area contributed by atoms with E-state index in [4.69, 9.17) is 23.2 Å². The molecule has 0 saturated carbocycles. The summed E-state index contributed by atoms with van der Waals surface area (Å²) in [6, 6.07) is 18.3. The van der Waals surface area contributed by atoms with Gasteiger partial charge in [-0.25, -0.2) is 8.42 Å². The molecule has 0 aliphatic heterocycles. The number of benzene rings is 3. The fourth-order valence-electron chi connectivity index (χ4n) is 3.68. The Bertz CT molecular complexity index is 1390. The quantitative estimate of drug-likeness (QED) is 0.299. The molecule has 2 amide bonds. The fraction of sp³-hybridized carbons (Fsp3) is 0.259. The summed E-state index contributed by atoms with van der Waals surface area (Å²) < 4.78 is 29.2. The van der Waals surface area contributed by atoms with E-state index in [9.17, 15) is 18.0 Å². The van der Waals surface area contributed by atoms with Crippen LogP contribution in [0, 0.1) is 0 Å². The van der Waals surface area contributed by atoms with Crippen LogP contribution in [0.25, 0.3) is 0 Å². The third-order valence-electron chi connectivity index (χ3n) is 5.68. The molecule has 1 atom stereocenters. The van der Waals surface area contributed by atoms with Gasteiger partial charge in [-0.2, -0.15) is 0 Å². The van der Waals surface area contributed by atoms with Crippen LogP contribution in [-0.4, -0.2) is 43.8 Å². The number of hydrogen-bond donors (Lipinski definition) is 1. The molecule has 202 valence electrons. The maximum atomic E-state index is 13.8. The second kappa shape index (κ2) is 13.0. The van der Waals surface area contributed by atoms with Crippen LogP contribution in [0.2, 0.25) is 10.0 Å². The molecule has 0 radical (unpaired) electrons. The lowest BCUT2D eigenvalue weighted by molar-refractivity contribution is -0.139. The highest BCUT2D eigenvalue weighted by molar-refractivity contribution is 9.10. The van der Waals surface area contributed by atoms with E-state index in [-0.39, 0.29) is 23.4 Å². The van der Waals surface area contributed by atoms with Crippen LogP contribution in [0.15, 0.2) is 82.2 Å². The first-order valence-corrected chi connectivity index (χ1v) is 14.8. The summed E-state index contributed by atoms with van der Waals surface area (Å²) in [4.78, 5) is 28.1. The molecule has 0 bridgehead atoms. The van der Waals surface area contributed by atoms with E-state index in [0.29, 0.717) is 21.3 Å². The van der Waals surface area contributed by atoms with E-state index in [0.717, 1.165) is 8.78 Å². The Morgan fingerprint density at radius 2 is 1.58 bits per heavy atom. The van der Waals surface area contributed by atoms with Gasteiger partial charge >= 0.3 is 0 Å². The van der Waals surface area contributed by atoms with Crippen LogP contribution in [-0.2, 0) is 26.2 Å². The molecule has 3 aromatic rings. The molecular weight excluding hydrogens is 613 g/mol. The maximum Gasteiger partial charge on any atom is 0.264 e. The van der Waals surface area contributed by atoms with E-state index < -0.39 is 28.5 Å². The van der Waals surface area contributed by atoms with Crippen molar-refractivity contribution < 1.29 is 18.0 Å². The first-order chi connectivity index (χ1) is 17.9. The van der Waals surface area contributed by atoms with Crippen LogP contribution in [0.4, 0.5) is 5.69 Å². The second-order valence-corrected chi connectivity index (χ2v) is 12.5. The van der Waals surface area contributed by atoms with Gasteiger partial charge in [0.15, 0.2) is 0 Å². The second-order valence-electron chi connectivity index (χ2n) is 8.90. The highest BCUT2D eigenvalue weighted by Gasteiger charge is 2.32. The molecule has 0 unspecified atom stereocenters. The van der Waals surface area contributed by atoms with Gasteiger partial charge in [0, 0.05) is 27.1 Å². The van der Waals surface area contributed by atoms with Crippen molar-refractivity contribution in [2.45, 2.75) is 44.3 Å². The molecule has 0 aromatic heterocycles. The van der Waals surface area contributed by atoms with Crippen molar-refractivity contribution in [1.29, 1.82) is 0 Å². The summed E-state index contributed by atoms with van der Waals surface area (Å²) in [5.41, 5.74) is 0.865. The molecule has 38 heavy (non-hydrogen) atoms.